The van der Waals surface area contributed by atoms with Crippen LogP contribution in [0.2, 0.25) is 0 Å². The quantitative estimate of drug-likeness (QED) is 0.572. The average molecular weight is 460 g/mol. The lowest BCUT2D eigenvalue weighted by atomic mass is 10.0. The van der Waals surface area contributed by atoms with Crippen molar-refractivity contribution in [1.82, 2.24) is 19.7 Å². The SMILES string of the molecule is Cl.O=C1Nc2ccc(Cn3ncsc3=O)cc2/C1=C/c1cc(CN2CCOCC2)c[nH]1. The van der Waals surface area contributed by atoms with E-state index in [0.717, 1.165) is 66.7 Å². The van der Waals surface area contributed by atoms with Crippen molar-refractivity contribution in [3.63, 3.8) is 0 Å². The lowest BCUT2D eigenvalue weighted by Gasteiger charge is -2.25. The number of aromatic amines is 1. The van der Waals surface area contributed by atoms with Crippen LogP contribution in [0.1, 0.15) is 22.4 Å². The Morgan fingerprint density at radius 3 is 2.74 bits per heavy atom. The number of fused-ring (bicyclic) bond motifs is 1. The van der Waals surface area contributed by atoms with Gasteiger partial charge in [-0.15, -0.1) is 12.4 Å². The molecule has 2 aliphatic heterocycles. The summed E-state index contributed by atoms with van der Waals surface area (Å²) in [6, 6.07) is 7.80. The van der Waals surface area contributed by atoms with Crippen molar-refractivity contribution in [2.45, 2.75) is 13.1 Å². The van der Waals surface area contributed by atoms with E-state index in [0.29, 0.717) is 12.1 Å². The largest absolute Gasteiger partial charge is 0.379 e. The molecule has 2 N–H and O–H groups in total. The number of aromatic nitrogens is 3. The van der Waals surface area contributed by atoms with E-state index in [1.54, 1.807) is 0 Å². The number of amides is 1. The number of benzene rings is 1. The average Bonchev–Trinajstić information content (AvgIpc) is 3.44. The van der Waals surface area contributed by atoms with Gasteiger partial charge in [0, 0.05) is 42.8 Å². The Balaban J connectivity index is 0.00000231. The molecule has 1 fully saturated rings. The van der Waals surface area contributed by atoms with Crippen molar-refractivity contribution in [2.75, 3.05) is 31.6 Å². The molecule has 3 aromatic rings. The minimum absolute atomic E-state index is 0. The van der Waals surface area contributed by atoms with Crippen LogP contribution in [-0.2, 0) is 22.6 Å². The van der Waals surface area contributed by atoms with Gasteiger partial charge >= 0.3 is 4.87 Å². The zero-order valence-electron chi connectivity index (χ0n) is 16.7. The number of nitrogens with one attached hydrogen (secondary N) is 2. The second-order valence-electron chi connectivity index (χ2n) is 7.41. The van der Waals surface area contributed by atoms with Gasteiger partial charge < -0.3 is 15.0 Å². The smallest absolute Gasteiger partial charge is 0.325 e. The van der Waals surface area contributed by atoms with Gasteiger partial charge in [-0.2, -0.15) is 5.10 Å². The van der Waals surface area contributed by atoms with Crippen LogP contribution < -0.4 is 10.2 Å². The van der Waals surface area contributed by atoms with Crippen LogP contribution in [0.25, 0.3) is 11.6 Å². The third-order valence-electron chi connectivity index (χ3n) is 5.32. The topological polar surface area (TPSA) is 92.2 Å². The molecule has 2 aromatic heterocycles. The van der Waals surface area contributed by atoms with Gasteiger partial charge in [-0.05, 0) is 35.4 Å². The fourth-order valence-electron chi connectivity index (χ4n) is 3.80. The van der Waals surface area contributed by atoms with Crippen molar-refractivity contribution < 1.29 is 9.53 Å². The summed E-state index contributed by atoms with van der Waals surface area (Å²) >= 11 is 1.07. The standard InChI is InChI=1S/C21H21N5O3S.ClH/c27-20-18(9-16-7-15(10-22-16)11-25-3-5-29-6-4-25)17-8-14(1-2-19(17)24-20)12-26-21(28)30-13-23-26;/h1-2,7-10,13,22H,3-6,11-12H2,(H,24,27);1H/b18-9-;. The van der Waals surface area contributed by atoms with Gasteiger partial charge in [0.1, 0.15) is 5.51 Å². The van der Waals surface area contributed by atoms with Crippen molar-refractivity contribution in [3.05, 3.63) is 68.0 Å². The number of H-pyrrole nitrogens is 1. The van der Waals surface area contributed by atoms with E-state index >= 15 is 0 Å². The molecule has 0 saturated carbocycles. The highest BCUT2D eigenvalue weighted by Crippen LogP contribution is 2.34. The number of hydrogen-bond acceptors (Lipinski definition) is 6. The molecule has 162 valence electrons. The summed E-state index contributed by atoms with van der Waals surface area (Å²) in [6.45, 7) is 4.65. The highest BCUT2D eigenvalue weighted by atomic mass is 35.5. The second kappa shape index (κ2) is 9.19. The maximum absolute atomic E-state index is 12.6. The van der Waals surface area contributed by atoms with E-state index in [1.807, 2.05) is 30.5 Å². The van der Waals surface area contributed by atoms with Crippen LogP contribution in [0.15, 0.2) is 40.8 Å². The molecule has 1 amide bonds. The fraction of sp³-hybridized carbons (Fsp3) is 0.286. The highest BCUT2D eigenvalue weighted by molar-refractivity contribution is 7.06. The predicted molar refractivity (Wildman–Crippen MR) is 123 cm³/mol. The van der Waals surface area contributed by atoms with Crippen molar-refractivity contribution >= 4 is 47.0 Å². The molecular formula is C21H22ClN5O3S. The molecule has 0 unspecified atom stereocenters. The molecule has 1 saturated heterocycles. The van der Waals surface area contributed by atoms with Gasteiger partial charge in [0.25, 0.3) is 5.91 Å². The Bertz CT molecular complexity index is 1180. The van der Waals surface area contributed by atoms with Crippen LogP contribution in [0.3, 0.4) is 0 Å². The van der Waals surface area contributed by atoms with Gasteiger partial charge in [-0.3, -0.25) is 14.5 Å². The van der Waals surface area contributed by atoms with Crippen molar-refractivity contribution in [3.8, 4) is 0 Å². The van der Waals surface area contributed by atoms with Crippen LogP contribution in [0.4, 0.5) is 5.69 Å². The fourth-order valence-corrected chi connectivity index (χ4v) is 4.28. The maximum Gasteiger partial charge on any atom is 0.325 e. The van der Waals surface area contributed by atoms with Gasteiger partial charge in [-0.1, -0.05) is 17.4 Å². The minimum atomic E-state index is -0.127. The number of anilines is 1. The summed E-state index contributed by atoms with van der Waals surface area (Å²) in [5.74, 6) is -0.127. The monoisotopic (exact) mass is 459 g/mol. The molecule has 5 rings (SSSR count). The number of nitrogens with zero attached hydrogens (tertiary/aromatic N) is 3. The van der Waals surface area contributed by atoms with E-state index in [9.17, 15) is 9.59 Å². The van der Waals surface area contributed by atoms with E-state index < -0.39 is 0 Å². The molecule has 31 heavy (non-hydrogen) atoms. The van der Waals surface area contributed by atoms with Gasteiger partial charge in [0.05, 0.1) is 25.3 Å². The van der Waals surface area contributed by atoms with E-state index in [-0.39, 0.29) is 23.2 Å². The molecule has 0 aliphatic carbocycles. The number of carbonyl (C=O) groups excluding carboxylic acids is 1. The summed E-state index contributed by atoms with van der Waals surface area (Å²) in [5, 5.41) is 6.98. The first kappa shape index (κ1) is 21.5. The maximum atomic E-state index is 12.6. The Morgan fingerprint density at radius 2 is 1.97 bits per heavy atom. The number of ether oxygens (including phenoxy) is 1. The number of carbonyl (C=O) groups is 1. The minimum Gasteiger partial charge on any atom is -0.379 e. The summed E-state index contributed by atoms with van der Waals surface area (Å²) in [5.41, 5.74) is 6.74. The van der Waals surface area contributed by atoms with Gasteiger partial charge in [0.15, 0.2) is 0 Å². The molecule has 4 heterocycles. The van der Waals surface area contributed by atoms with Gasteiger partial charge in [-0.25, -0.2) is 4.68 Å². The van der Waals surface area contributed by atoms with Crippen molar-refractivity contribution in [2.24, 2.45) is 0 Å². The molecule has 0 radical (unpaired) electrons. The van der Waals surface area contributed by atoms with Crippen LogP contribution in [0.5, 0.6) is 0 Å². The molecule has 0 spiro atoms. The summed E-state index contributed by atoms with van der Waals surface area (Å²) in [7, 11) is 0. The zero-order chi connectivity index (χ0) is 20.5. The third-order valence-corrected chi connectivity index (χ3v) is 5.94. The lowest BCUT2D eigenvalue weighted by molar-refractivity contribution is -0.110. The van der Waals surface area contributed by atoms with E-state index in [4.69, 9.17) is 4.74 Å². The van der Waals surface area contributed by atoms with Crippen LogP contribution in [-0.4, -0.2) is 51.9 Å². The summed E-state index contributed by atoms with van der Waals surface area (Å²) in [6.07, 6.45) is 3.86. The third kappa shape index (κ3) is 4.64. The predicted octanol–water partition coefficient (Wildman–Crippen LogP) is 2.43. The lowest BCUT2D eigenvalue weighted by Crippen LogP contribution is -2.35. The zero-order valence-corrected chi connectivity index (χ0v) is 18.3. The van der Waals surface area contributed by atoms with Crippen LogP contribution >= 0.6 is 23.7 Å². The molecule has 0 bridgehead atoms. The normalized spacial score (nSPS) is 17.4. The van der Waals surface area contributed by atoms with Gasteiger partial charge in [0.2, 0.25) is 0 Å². The summed E-state index contributed by atoms with van der Waals surface area (Å²) < 4.78 is 6.82. The van der Waals surface area contributed by atoms with Crippen LogP contribution in [0, 0.1) is 0 Å². The molecule has 0 atom stereocenters. The molecule has 8 nitrogen and oxygen atoms in total. The molecule has 2 aliphatic rings. The first-order chi connectivity index (χ1) is 14.7. The number of morpholine rings is 1. The Labute approximate surface area is 188 Å². The number of rotatable bonds is 5. The van der Waals surface area contributed by atoms with Crippen molar-refractivity contribution in [1.29, 1.82) is 0 Å². The Kier molecular flexibility index (Phi) is 6.38. The first-order valence-corrected chi connectivity index (χ1v) is 10.7. The molecular weight excluding hydrogens is 438 g/mol. The highest BCUT2D eigenvalue weighted by Gasteiger charge is 2.24. The number of hydrogen-bond donors (Lipinski definition) is 2. The Hall–Kier alpha value is -2.72. The van der Waals surface area contributed by atoms with E-state index in [1.165, 1.54) is 15.8 Å². The molecule has 10 heteroatoms. The second-order valence-corrected chi connectivity index (χ2v) is 8.20. The van der Waals surface area contributed by atoms with E-state index in [2.05, 4.69) is 26.4 Å². The Morgan fingerprint density at radius 1 is 1.13 bits per heavy atom. The summed E-state index contributed by atoms with van der Waals surface area (Å²) in [4.78, 5) is 29.9. The molecule has 1 aromatic carbocycles. The first-order valence-electron chi connectivity index (χ1n) is 9.80. The number of halogens is 1.